The second kappa shape index (κ2) is 7.00. The van der Waals surface area contributed by atoms with Gasteiger partial charge in [-0.25, -0.2) is 4.98 Å². The second-order valence-corrected chi connectivity index (χ2v) is 5.34. The number of oxazole rings is 1. The molecule has 3 aromatic rings. The molecule has 2 amide bonds. The third-order valence-electron chi connectivity index (χ3n) is 3.51. The summed E-state index contributed by atoms with van der Waals surface area (Å²) >= 11 is 0. The summed E-state index contributed by atoms with van der Waals surface area (Å²) in [5.74, 6) is -0.369. The number of amides is 2. The highest BCUT2D eigenvalue weighted by Gasteiger charge is 2.17. The maximum Gasteiger partial charge on any atom is 0.273 e. The Morgan fingerprint density at radius 2 is 2.12 bits per heavy atom. The number of hydrogen-bond donors (Lipinski definition) is 2. The van der Waals surface area contributed by atoms with Crippen molar-refractivity contribution >= 4 is 22.7 Å². The molecule has 3 rings (SSSR count). The average molecular weight is 340 g/mol. The third kappa shape index (κ3) is 3.74. The molecule has 1 atom stereocenters. The van der Waals surface area contributed by atoms with Crippen molar-refractivity contribution in [2.75, 3.05) is 0 Å². The van der Waals surface area contributed by atoms with Crippen LogP contribution in [-0.2, 0) is 11.4 Å². The zero-order valence-corrected chi connectivity index (χ0v) is 13.4. The van der Waals surface area contributed by atoms with E-state index in [2.05, 4.69) is 15.3 Å². The molecule has 0 saturated carbocycles. The van der Waals surface area contributed by atoms with Gasteiger partial charge in [0.2, 0.25) is 11.8 Å². The number of nitrogens with zero attached hydrogens (tertiary/aromatic N) is 2. The van der Waals surface area contributed by atoms with Crippen molar-refractivity contribution in [1.82, 2.24) is 15.3 Å². The number of nitrogens with one attached hydrogen (secondary N) is 1. The van der Waals surface area contributed by atoms with E-state index in [0.29, 0.717) is 5.75 Å². The molecular formula is C17H16N4O4. The summed E-state index contributed by atoms with van der Waals surface area (Å²) in [5, 5.41) is 3.37. The minimum atomic E-state index is -0.800. The van der Waals surface area contributed by atoms with Gasteiger partial charge < -0.3 is 20.2 Å². The van der Waals surface area contributed by atoms with Gasteiger partial charge in [0.05, 0.1) is 0 Å². The molecule has 0 unspecified atom stereocenters. The smallest absolute Gasteiger partial charge is 0.273 e. The van der Waals surface area contributed by atoms with Crippen LogP contribution in [-0.4, -0.2) is 27.8 Å². The van der Waals surface area contributed by atoms with Crippen LogP contribution in [0.1, 0.15) is 23.3 Å². The van der Waals surface area contributed by atoms with Gasteiger partial charge >= 0.3 is 0 Å². The number of nitrogens with two attached hydrogens (primary N) is 1. The topological polar surface area (TPSA) is 120 Å². The molecule has 3 N–H and O–H groups in total. The SMILES string of the molecule is C[C@H](NC(=O)c1coc(COc2cccc3cccnc23)n1)C(N)=O. The first-order chi connectivity index (χ1) is 12.0. The molecule has 1 aromatic carbocycles. The van der Waals surface area contributed by atoms with Gasteiger partial charge in [0, 0.05) is 11.6 Å². The van der Waals surface area contributed by atoms with E-state index in [0.717, 1.165) is 10.9 Å². The molecule has 0 aliphatic carbocycles. The average Bonchev–Trinajstić information content (AvgIpc) is 3.09. The van der Waals surface area contributed by atoms with E-state index in [1.165, 1.54) is 13.2 Å². The molecule has 0 saturated heterocycles. The van der Waals surface area contributed by atoms with Crippen molar-refractivity contribution in [3.8, 4) is 5.75 Å². The van der Waals surface area contributed by atoms with E-state index < -0.39 is 17.9 Å². The van der Waals surface area contributed by atoms with Gasteiger partial charge in [0.15, 0.2) is 12.3 Å². The first kappa shape index (κ1) is 16.4. The van der Waals surface area contributed by atoms with E-state index in [-0.39, 0.29) is 18.2 Å². The summed E-state index contributed by atoms with van der Waals surface area (Å²) in [5.41, 5.74) is 5.87. The zero-order valence-electron chi connectivity index (χ0n) is 13.4. The van der Waals surface area contributed by atoms with Crippen LogP contribution in [0.2, 0.25) is 0 Å². The Labute approximate surface area is 143 Å². The number of fused-ring (bicyclic) bond motifs is 1. The minimum Gasteiger partial charge on any atom is -0.482 e. The predicted molar refractivity (Wildman–Crippen MR) is 88.7 cm³/mol. The maximum atomic E-state index is 11.9. The van der Waals surface area contributed by atoms with E-state index in [1.807, 2.05) is 24.3 Å². The molecule has 0 aliphatic heterocycles. The number of ether oxygens (including phenoxy) is 1. The Morgan fingerprint density at radius 1 is 1.32 bits per heavy atom. The number of carbonyl (C=O) groups is 2. The quantitative estimate of drug-likeness (QED) is 0.700. The molecule has 0 fully saturated rings. The van der Waals surface area contributed by atoms with Gasteiger partial charge in [0.1, 0.15) is 23.6 Å². The number of hydrogen-bond acceptors (Lipinski definition) is 6. The molecule has 0 bridgehead atoms. The molecule has 8 heteroatoms. The zero-order chi connectivity index (χ0) is 17.8. The van der Waals surface area contributed by atoms with Crippen LogP contribution >= 0.6 is 0 Å². The van der Waals surface area contributed by atoms with Crippen molar-refractivity contribution in [2.45, 2.75) is 19.6 Å². The minimum absolute atomic E-state index is 0.0361. The summed E-state index contributed by atoms with van der Waals surface area (Å²) in [6.07, 6.45) is 2.88. The predicted octanol–water partition coefficient (Wildman–Crippen LogP) is 1.41. The molecule has 128 valence electrons. The lowest BCUT2D eigenvalue weighted by molar-refractivity contribution is -0.119. The summed E-state index contributed by atoms with van der Waals surface area (Å²) in [4.78, 5) is 31.2. The first-order valence-corrected chi connectivity index (χ1v) is 7.55. The Kier molecular flexibility index (Phi) is 4.60. The highest BCUT2D eigenvalue weighted by molar-refractivity contribution is 5.95. The normalized spacial score (nSPS) is 11.9. The molecule has 0 aliphatic rings. The second-order valence-electron chi connectivity index (χ2n) is 5.34. The summed E-state index contributed by atoms with van der Waals surface area (Å²) < 4.78 is 10.9. The largest absolute Gasteiger partial charge is 0.482 e. The number of rotatable bonds is 6. The van der Waals surface area contributed by atoms with Crippen LogP contribution in [0.25, 0.3) is 10.9 Å². The number of primary amides is 1. The van der Waals surface area contributed by atoms with E-state index >= 15 is 0 Å². The van der Waals surface area contributed by atoms with Gasteiger partial charge in [-0.1, -0.05) is 18.2 Å². The van der Waals surface area contributed by atoms with E-state index in [1.54, 1.807) is 12.3 Å². The molecule has 0 radical (unpaired) electrons. The molecular weight excluding hydrogens is 324 g/mol. The van der Waals surface area contributed by atoms with Crippen LogP contribution < -0.4 is 15.8 Å². The van der Waals surface area contributed by atoms with Crippen LogP contribution in [0.3, 0.4) is 0 Å². The number of carbonyl (C=O) groups excluding carboxylic acids is 2. The van der Waals surface area contributed by atoms with Gasteiger partial charge in [-0.15, -0.1) is 0 Å². The lowest BCUT2D eigenvalue weighted by atomic mass is 10.2. The highest BCUT2D eigenvalue weighted by atomic mass is 16.5. The first-order valence-electron chi connectivity index (χ1n) is 7.55. The molecule has 2 heterocycles. The van der Waals surface area contributed by atoms with Crippen molar-refractivity contribution in [1.29, 1.82) is 0 Å². The van der Waals surface area contributed by atoms with Crippen molar-refractivity contribution < 1.29 is 18.7 Å². The van der Waals surface area contributed by atoms with Crippen LogP contribution in [0, 0.1) is 0 Å². The Balaban J connectivity index is 1.67. The van der Waals surface area contributed by atoms with Gasteiger partial charge in [-0.05, 0) is 19.1 Å². The molecule has 2 aromatic heterocycles. The number of aromatic nitrogens is 2. The lowest BCUT2D eigenvalue weighted by Gasteiger charge is -2.07. The lowest BCUT2D eigenvalue weighted by Crippen LogP contribution is -2.42. The summed E-state index contributed by atoms with van der Waals surface area (Å²) in [7, 11) is 0. The van der Waals surface area contributed by atoms with E-state index in [9.17, 15) is 9.59 Å². The number of pyridine rings is 1. The molecule has 25 heavy (non-hydrogen) atoms. The van der Waals surface area contributed by atoms with Gasteiger partial charge in [-0.3, -0.25) is 14.6 Å². The standard InChI is InChI=1S/C17H16N4O4/c1-10(16(18)22)20-17(23)12-8-25-14(21-12)9-24-13-6-2-4-11-5-3-7-19-15(11)13/h2-8,10H,9H2,1H3,(H2,18,22)(H,20,23)/t10-/m0/s1. The number of benzene rings is 1. The Bertz CT molecular complexity index is 916. The van der Waals surface area contributed by atoms with Crippen LogP contribution in [0.4, 0.5) is 0 Å². The molecule has 0 spiro atoms. The van der Waals surface area contributed by atoms with Crippen LogP contribution in [0.15, 0.2) is 47.2 Å². The third-order valence-corrected chi connectivity index (χ3v) is 3.51. The van der Waals surface area contributed by atoms with E-state index in [4.69, 9.17) is 14.9 Å². The Morgan fingerprint density at radius 3 is 2.92 bits per heavy atom. The summed E-state index contributed by atoms with van der Waals surface area (Å²) in [6.45, 7) is 1.52. The molecule has 8 nitrogen and oxygen atoms in total. The number of para-hydroxylation sites is 1. The highest BCUT2D eigenvalue weighted by Crippen LogP contribution is 2.23. The fraction of sp³-hybridized carbons (Fsp3) is 0.176. The fourth-order valence-electron chi connectivity index (χ4n) is 2.16. The summed E-state index contributed by atoms with van der Waals surface area (Å²) in [6, 6.07) is 8.56. The monoisotopic (exact) mass is 340 g/mol. The van der Waals surface area contributed by atoms with Crippen LogP contribution in [0.5, 0.6) is 5.75 Å². The van der Waals surface area contributed by atoms with Crippen molar-refractivity contribution in [2.24, 2.45) is 5.73 Å². The van der Waals surface area contributed by atoms with Gasteiger partial charge in [-0.2, -0.15) is 0 Å². The Hall–Kier alpha value is -3.42. The fourth-order valence-corrected chi connectivity index (χ4v) is 2.16. The van der Waals surface area contributed by atoms with Crippen molar-refractivity contribution in [3.05, 3.63) is 54.4 Å². The maximum absolute atomic E-state index is 11.9. The van der Waals surface area contributed by atoms with Crippen molar-refractivity contribution in [3.63, 3.8) is 0 Å². The van der Waals surface area contributed by atoms with Gasteiger partial charge in [0.25, 0.3) is 5.91 Å².